The Bertz CT molecular complexity index is 874. The van der Waals surface area contributed by atoms with Gasteiger partial charge in [0.2, 0.25) is 11.8 Å². The van der Waals surface area contributed by atoms with Crippen LogP contribution in [-0.4, -0.2) is 45.4 Å². The van der Waals surface area contributed by atoms with Gasteiger partial charge in [0.15, 0.2) is 6.23 Å². The van der Waals surface area contributed by atoms with Gasteiger partial charge in [-0.1, -0.05) is 12.1 Å². The molecule has 2 heterocycles. The van der Waals surface area contributed by atoms with Crippen LogP contribution in [0.25, 0.3) is 0 Å². The Morgan fingerprint density at radius 2 is 2.10 bits per heavy atom. The van der Waals surface area contributed by atoms with Crippen LogP contribution in [0.2, 0.25) is 0 Å². The second kappa shape index (κ2) is 7.82. The van der Waals surface area contributed by atoms with Gasteiger partial charge in [0.05, 0.1) is 5.69 Å². The zero-order valence-electron chi connectivity index (χ0n) is 17.0. The van der Waals surface area contributed by atoms with Gasteiger partial charge in [0.1, 0.15) is 17.5 Å². The number of aliphatic hydroxyl groups is 1. The Labute approximate surface area is 169 Å². The largest absolute Gasteiger partial charge is 0.444 e. The summed E-state index contributed by atoms with van der Waals surface area (Å²) in [7, 11) is 0. The number of imide groups is 1. The Balaban J connectivity index is 1.84. The van der Waals surface area contributed by atoms with Crippen molar-refractivity contribution in [1.82, 2.24) is 15.5 Å². The molecule has 1 aromatic rings. The lowest BCUT2D eigenvalue weighted by atomic mass is 9.97. The molecule has 2 unspecified atom stereocenters. The van der Waals surface area contributed by atoms with E-state index in [0.717, 1.165) is 0 Å². The lowest BCUT2D eigenvalue weighted by Crippen LogP contribution is -2.55. The van der Waals surface area contributed by atoms with Gasteiger partial charge in [-0.05, 0) is 45.7 Å². The highest BCUT2D eigenvalue weighted by molar-refractivity contribution is 6.02. The highest BCUT2D eigenvalue weighted by Crippen LogP contribution is 2.38. The number of aliphatic hydroxyl groups excluding tert-OH is 1. The SMILES string of the molecule is CC1=Nc2cccc(CNC(=O)OC(C)(C)C)c2C(O)N1C1CCC(=O)NC1=O. The minimum Gasteiger partial charge on any atom is -0.444 e. The molecule has 1 saturated heterocycles. The maximum atomic E-state index is 12.3. The fourth-order valence-corrected chi connectivity index (χ4v) is 3.52. The summed E-state index contributed by atoms with van der Waals surface area (Å²) < 4.78 is 5.25. The van der Waals surface area contributed by atoms with E-state index in [1.807, 2.05) is 0 Å². The molecule has 3 rings (SSSR count). The fourth-order valence-electron chi connectivity index (χ4n) is 3.52. The van der Waals surface area contributed by atoms with Crippen molar-refractivity contribution >= 4 is 29.4 Å². The van der Waals surface area contributed by atoms with Crippen molar-refractivity contribution in [1.29, 1.82) is 0 Å². The van der Waals surface area contributed by atoms with Gasteiger partial charge in [0.25, 0.3) is 0 Å². The first-order valence-electron chi connectivity index (χ1n) is 9.51. The Kier molecular flexibility index (Phi) is 5.61. The number of nitrogens with one attached hydrogen (secondary N) is 2. The first kappa shape index (κ1) is 20.8. The van der Waals surface area contributed by atoms with Crippen molar-refractivity contribution < 1.29 is 24.2 Å². The summed E-state index contributed by atoms with van der Waals surface area (Å²) in [6.45, 7) is 7.16. The van der Waals surface area contributed by atoms with Crippen LogP contribution in [-0.2, 0) is 20.9 Å². The number of rotatable bonds is 3. The number of carbonyl (C=O) groups is 3. The first-order valence-corrected chi connectivity index (χ1v) is 9.51. The molecule has 2 atom stereocenters. The normalized spacial score (nSPS) is 21.8. The minimum atomic E-state index is -1.14. The summed E-state index contributed by atoms with van der Waals surface area (Å²) in [6, 6.07) is 4.63. The lowest BCUT2D eigenvalue weighted by molar-refractivity contribution is -0.139. The Morgan fingerprint density at radius 1 is 1.38 bits per heavy atom. The number of benzene rings is 1. The molecular weight excluding hydrogens is 376 g/mol. The molecule has 156 valence electrons. The molecule has 2 aliphatic heterocycles. The van der Waals surface area contributed by atoms with E-state index >= 15 is 0 Å². The average Bonchev–Trinajstić information content (AvgIpc) is 2.60. The molecule has 1 aromatic carbocycles. The number of amides is 3. The van der Waals surface area contributed by atoms with Crippen LogP contribution in [0.1, 0.15) is 57.9 Å². The highest BCUT2D eigenvalue weighted by Gasteiger charge is 2.39. The van der Waals surface area contributed by atoms with Gasteiger partial charge < -0.3 is 20.1 Å². The monoisotopic (exact) mass is 402 g/mol. The van der Waals surface area contributed by atoms with Crippen molar-refractivity contribution in [3.63, 3.8) is 0 Å². The molecule has 3 N–H and O–H groups in total. The van der Waals surface area contributed by atoms with E-state index in [2.05, 4.69) is 15.6 Å². The van der Waals surface area contributed by atoms with E-state index < -0.39 is 29.9 Å². The summed E-state index contributed by atoms with van der Waals surface area (Å²) in [4.78, 5) is 41.8. The Hall–Kier alpha value is -2.94. The number of nitrogens with zero attached hydrogens (tertiary/aromatic N) is 2. The molecule has 2 aliphatic rings. The van der Waals surface area contributed by atoms with Gasteiger partial charge in [0, 0.05) is 18.5 Å². The second-order valence-corrected chi connectivity index (χ2v) is 8.11. The smallest absolute Gasteiger partial charge is 0.407 e. The fraction of sp³-hybridized carbons (Fsp3) is 0.500. The Morgan fingerprint density at radius 3 is 2.76 bits per heavy atom. The van der Waals surface area contributed by atoms with Crippen LogP contribution in [0, 0.1) is 0 Å². The van der Waals surface area contributed by atoms with Gasteiger partial charge in [-0.2, -0.15) is 0 Å². The third kappa shape index (κ3) is 4.56. The van der Waals surface area contributed by atoms with Crippen LogP contribution in [0.5, 0.6) is 0 Å². The maximum Gasteiger partial charge on any atom is 0.407 e. The van der Waals surface area contributed by atoms with Crippen LogP contribution >= 0.6 is 0 Å². The molecule has 0 aliphatic carbocycles. The lowest BCUT2D eigenvalue weighted by Gasteiger charge is -2.40. The molecule has 3 amide bonds. The summed E-state index contributed by atoms with van der Waals surface area (Å²) in [6.07, 6.45) is -1.21. The number of carbonyl (C=O) groups excluding carboxylic acids is 3. The molecule has 9 nitrogen and oxygen atoms in total. The predicted molar refractivity (Wildman–Crippen MR) is 105 cm³/mol. The number of ether oxygens (including phenoxy) is 1. The van der Waals surface area contributed by atoms with Crippen molar-refractivity contribution in [3.8, 4) is 0 Å². The standard InChI is InChI=1S/C20H26N4O5/c1-11-22-13-7-5-6-12(10-21-19(28)29-20(2,3)4)16(13)18(27)24(11)14-8-9-15(25)23-17(14)26/h5-7,14,18,27H,8-10H2,1-4H3,(H,21,28)(H,23,25,26). The second-order valence-electron chi connectivity index (χ2n) is 8.11. The van der Waals surface area contributed by atoms with E-state index in [9.17, 15) is 19.5 Å². The van der Waals surface area contributed by atoms with Crippen LogP contribution in [0.3, 0.4) is 0 Å². The number of hydrogen-bond acceptors (Lipinski definition) is 7. The van der Waals surface area contributed by atoms with E-state index in [1.54, 1.807) is 45.9 Å². The van der Waals surface area contributed by atoms with Crippen LogP contribution in [0.4, 0.5) is 10.5 Å². The number of fused-ring (bicyclic) bond motifs is 1. The summed E-state index contributed by atoms with van der Waals surface area (Å²) in [5, 5.41) is 16.1. The van der Waals surface area contributed by atoms with Gasteiger partial charge >= 0.3 is 6.09 Å². The molecule has 0 bridgehead atoms. The van der Waals surface area contributed by atoms with E-state index in [4.69, 9.17) is 4.74 Å². The van der Waals surface area contributed by atoms with Gasteiger partial charge in [-0.15, -0.1) is 0 Å². The molecule has 0 radical (unpaired) electrons. The number of hydrogen-bond donors (Lipinski definition) is 3. The van der Waals surface area contributed by atoms with E-state index in [1.165, 1.54) is 4.90 Å². The van der Waals surface area contributed by atoms with Crippen molar-refractivity contribution in [3.05, 3.63) is 29.3 Å². The molecule has 0 saturated carbocycles. The number of piperidine rings is 1. The third-order valence-corrected chi connectivity index (χ3v) is 4.72. The van der Waals surface area contributed by atoms with Gasteiger partial charge in [-0.3, -0.25) is 14.9 Å². The zero-order valence-corrected chi connectivity index (χ0v) is 17.0. The van der Waals surface area contributed by atoms with Crippen molar-refractivity contribution in [2.45, 2.75) is 65.0 Å². The number of aliphatic imine (C=N–C) groups is 1. The van der Waals surface area contributed by atoms with Crippen molar-refractivity contribution in [2.24, 2.45) is 4.99 Å². The minimum absolute atomic E-state index is 0.132. The van der Waals surface area contributed by atoms with E-state index in [0.29, 0.717) is 29.1 Å². The topological polar surface area (TPSA) is 120 Å². The van der Waals surface area contributed by atoms with Crippen LogP contribution in [0.15, 0.2) is 23.2 Å². The average molecular weight is 402 g/mol. The summed E-state index contributed by atoms with van der Waals surface area (Å²) in [5.41, 5.74) is 1.12. The molecule has 0 aromatic heterocycles. The van der Waals surface area contributed by atoms with Crippen molar-refractivity contribution in [2.75, 3.05) is 0 Å². The molecule has 1 fully saturated rings. The number of amidine groups is 1. The third-order valence-electron chi connectivity index (χ3n) is 4.72. The zero-order chi connectivity index (χ0) is 21.3. The van der Waals surface area contributed by atoms with Crippen LogP contribution < -0.4 is 10.6 Å². The predicted octanol–water partition coefficient (Wildman–Crippen LogP) is 1.87. The molecule has 9 heteroatoms. The quantitative estimate of drug-likeness (QED) is 0.664. The van der Waals surface area contributed by atoms with Gasteiger partial charge in [-0.25, -0.2) is 9.79 Å². The first-order chi connectivity index (χ1) is 13.6. The highest BCUT2D eigenvalue weighted by atomic mass is 16.6. The maximum absolute atomic E-state index is 12.3. The summed E-state index contributed by atoms with van der Waals surface area (Å²) in [5.74, 6) is -0.297. The molecular formula is C20H26N4O5. The van der Waals surface area contributed by atoms with E-state index in [-0.39, 0.29) is 18.9 Å². The molecule has 0 spiro atoms. The summed E-state index contributed by atoms with van der Waals surface area (Å²) >= 11 is 0. The number of alkyl carbamates (subject to hydrolysis) is 1. The molecule has 29 heavy (non-hydrogen) atoms.